The van der Waals surface area contributed by atoms with E-state index >= 15 is 0 Å². The molecule has 4 heterocycles. The monoisotopic (exact) mass is 483 g/mol. The molecule has 2 saturated heterocycles. The number of anilines is 1. The van der Waals surface area contributed by atoms with E-state index in [4.69, 9.17) is 19.9 Å². The molecule has 0 radical (unpaired) electrons. The molecule has 1 atom stereocenters. The average molecular weight is 484 g/mol. The highest BCUT2D eigenvalue weighted by Crippen LogP contribution is 2.33. The number of carbonyl (C=O) groups excluding carboxylic acids is 1. The molecule has 0 saturated carbocycles. The van der Waals surface area contributed by atoms with Gasteiger partial charge < -0.3 is 29.4 Å². The van der Waals surface area contributed by atoms with Crippen LogP contribution in [-0.2, 0) is 20.6 Å². The lowest BCUT2D eigenvalue weighted by Crippen LogP contribution is -2.47. The minimum absolute atomic E-state index is 0.0249. The second-order valence-corrected chi connectivity index (χ2v) is 9.10. The van der Waals surface area contributed by atoms with Gasteiger partial charge in [0, 0.05) is 43.1 Å². The molecule has 1 unspecified atom stereocenters. The van der Waals surface area contributed by atoms with Crippen LogP contribution in [0.15, 0.2) is 41.4 Å². The maximum absolute atomic E-state index is 13.2. The highest BCUT2D eigenvalue weighted by molar-refractivity contribution is 7.79. The molecule has 178 valence electrons. The number of likely N-dealkylation sites (tertiary alicyclic amines) is 1. The molecule has 1 amide bonds. The summed E-state index contributed by atoms with van der Waals surface area (Å²) in [6, 6.07) is 8.60. The third kappa shape index (κ3) is 4.11. The summed E-state index contributed by atoms with van der Waals surface area (Å²) < 4.78 is 39.6. The lowest BCUT2D eigenvalue weighted by molar-refractivity contribution is -0.181. The molecule has 3 aromatic rings. The third-order valence-corrected chi connectivity index (χ3v) is 6.88. The molecule has 1 spiro atoms. The van der Waals surface area contributed by atoms with Gasteiger partial charge in [0.2, 0.25) is 5.88 Å². The SMILES string of the molecule is COc1ncc(-c2ccc3nc(N)c(C(=O)N4CCC5(CC4)OCCO5)cc3c2)cc1S(=O)[O-]. The highest BCUT2D eigenvalue weighted by atomic mass is 32.2. The van der Waals surface area contributed by atoms with Gasteiger partial charge >= 0.3 is 0 Å². The Hall–Kier alpha value is -3.12. The number of carbonyl (C=O) groups is 1. The number of rotatable bonds is 4. The standard InChI is InChI=1S/C23H24N4O6S/c1-31-21-19(34(29)30)12-16(13-25-21)14-2-3-18-15(10-14)11-17(20(24)26-18)22(28)27-6-4-23(5-7-27)32-8-9-33-23/h2-3,10-13H,4-9H2,1H3,(H2,24,26)(H,29,30)/p-1. The number of methoxy groups -OCH3 is 1. The molecule has 1 aromatic carbocycles. The zero-order valence-corrected chi connectivity index (χ0v) is 19.3. The largest absolute Gasteiger partial charge is 0.768 e. The molecular weight excluding hydrogens is 460 g/mol. The van der Waals surface area contributed by atoms with E-state index in [0.29, 0.717) is 61.2 Å². The number of fused-ring (bicyclic) bond motifs is 1. The fourth-order valence-corrected chi connectivity index (χ4v) is 4.91. The van der Waals surface area contributed by atoms with Crippen LogP contribution in [0.25, 0.3) is 22.0 Å². The number of ether oxygens (including phenoxy) is 3. The van der Waals surface area contributed by atoms with Gasteiger partial charge in [-0.15, -0.1) is 0 Å². The average Bonchev–Trinajstić information content (AvgIpc) is 3.30. The van der Waals surface area contributed by atoms with Crippen LogP contribution < -0.4 is 10.5 Å². The van der Waals surface area contributed by atoms with Crippen molar-refractivity contribution in [1.82, 2.24) is 14.9 Å². The maximum Gasteiger partial charge on any atom is 0.257 e. The van der Waals surface area contributed by atoms with Crippen molar-refractivity contribution in [3.63, 3.8) is 0 Å². The summed E-state index contributed by atoms with van der Waals surface area (Å²) in [6.07, 6.45) is 2.75. The van der Waals surface area contributed by atoms with Crippen LogP contribution in [-0.4, -0.2) is 68.7 Å². The first kappa shape index (κ1) is 22.7. The molecule has 2 aliphatic heterocycles. The van der Waals surface area contributed by atoms with Gasteiger partial charge in [-0.25, -0.2) is 9.97 Å². The van der Waals surface area contributed by atoms with E-state index in [9.17, 15) is 13.6 Å². The van der Waals surface area contributed by atoms with Crippen LogP contribution >= 0.6 is 0 Å². The second-order valence-electron chi connectivity index (χ2n) is 8.19. The Morgan fingerprint density at radius 1 is 1.18 bits per heavy atom. The Kier molecular flexibility index (Phi) is 5.94. The quantitative estimate of drug-likeness (QED) is 0.552. The summed E-state index contributed by atoms with van der Waals surface area (Å²) in [7, 11) is 1.36. The summed E-state index contributed by atoms with van der Waals surface area (Å²) in [5, 5.41) is 0.701. The van der Waals surface area contributed by atoms with Crippen molar-refractivity contribution in [2.75, 3.05) is 39.1 Å². The lowest BCUT2D eigenvalue weighted by Gasteiger charge is -2.37. The Bertz CT molecular complexity index is 1280. The van der Waals surface area contributed by atoms with Crippen molar-refractivity contribution in [3.05, 3.63) is 42.1 Å². The molecule has 10 nitrogen and oxygen atoms in total. The van der Waals surface area contributed by atoms with Gasteiger partial charge in [-0.2, -0.15) is 0 Å². The lowest BCUT2D eigenvalue weighted by atomic mass is 10.0. The second kappa shape index (κ2) is 8.91. The first-order valence-electron chi connectivity index (χ1n) is 10.8. The normalized spacial score (nSPS) is 18.4. The van der Waals surface area contributed by atoms with E-state index in [1.165, 1.54) is 19.4 Å². The zero-order chi connectivity index (χ0) is 23.9. The number of nitrogens with two attached hydrogens (primary N) is 1. The summed E-state index contributed by atoms with van der Waals surface area (Å²) in [5.74, 6) is -0.580. The molecular formula is C23H23N4O6S-. The maximum atomic E-state index is 13.2. The van der Waals surface area contributed by atoms with E-state index in [1.54, 1.807) is 23.1 Å². The molecule has 0 aliphatic carbocycles. The highest BCUT2D eigenvalue weighted by Gasteiger charge is 2.41. The van der Waals surface area contributed by atoms with Gasteiger partial charge in [0.1, 0.15) is 5.82 Å². The van der Waals surface area contributed by atoms with Crippen molar-refractivity contribution in [2.24, 2.45) is 0 Å². The van der Waals surface area contributed by atoms with Crippen molar-refractivity contribution < 1.29 is 27.8 Å². The molecule has 2 N–H and O–H groups in total. The van der Waals surface area contributed by atoms with Crippen molar-refractivity contribution in [3.8, 4) is 17.0 Å². The molecule has 5 rings (SSSR count). The number of nitrogen functional groups attached to an aromatic ring is 1. The van der Waals surface area contributed by atoms with Gasteiger partial charge in [-0.05, 0) is 40.9 Å². The Morgan fingerprint density at radius 2 is 1.91 bits per heavy atom. The number of pyridine rings is 2. The van der Waals surface area contributed by atoms with Crippen LogP contribution in [0.3, 0.4) is 0 Å². The molecule has 34 heavy (non-hydrogen) atoms. The minimum Gasteiger partial charge on any atom is -0.768 e. The summed E-state index contributed by atoms with van der Waals surface area (Å²) in [4.78, 5) is 23.5. The molecule has 0 bridgehead atoms. The van der Waals surface area contributed by atoms with E-state index in [0.717, 1.165) is 5.56 Å². The minimum atomic E-state index is -2.51. The summed E-state index contributed by atoms with van der Waals surface area (Å²) >= 11 is -2.51. The zero-order valence-electron chi connectivity index (χ0n) is 18.5. The summed E-state index contributed by atoms with van der Waals surface area (Å²) in [6.45, 7) is 2.16. The first-order valence-corrected chi connectivity index (χ1v) is 11.9. The van der Waals surface area contributed by atoms with Gasteiger partial charge in [-0.3, -0.25) is 9.00 Å². The predicted octanol–water partition coefficient (Wildman–Crippen LogP) is 2.10. The van der Waals surface area contributed by atoms with Crippen LogP contribution in [0.4, 0.5) is 5.82 Å². The number of piperidine rings is 1. The van der Waals surface area contributed by atoms with Crippen molar-refractivity contribution in [1.29, 1.82) is 0 Å². The van der Waals surface area contributed by atoms with Gasteiger partial charge in [0.05, 0.1) is 36.3 Å². The van der Waals surface area contributed by atoms with Gasteiger partial charge in [0.25, 0.3) is 5.91 Å². The molecule has 2 fully saturated rings. The molecule has 2 aromatic heterocycles. The number of benzene rings is 1. The summed E-state index contributed by atoms with van der Waals surface area (Å²) in [5.41, 5.74) is 8.39. The van der Waals surface area contributed by atoms with Gasteiger partial charge in [0.15, 0.2) is 5.79 Å². The van der Waals surface area contributed by atoms with Crippen LogP contribution in [0, 0.1) is 0 Å². The molecule has 2 aliphatic rings. The Balaban J connectivity index is 1.45. The van der Waals surface area contributed by atoms with E-state index < -0.39 is 16.9 Å². The van der Waals surface area contributed by atoms with E-state index in [-0.39, 0.29) is 22.5 Å². The molecule has 11 heteroatoms. The number of amides is 1. The van der Waals surface area contributed by atoms with Gasteiger partial charge in [-0.1, -0.05) is 6.07 Å². The number of hydrogen-bond acceptors (Lipinski definition) is 9. The Morgan fingerprint density at radius 3 is 2.59 bits per heavy atom. The number of nitrogens with zero attached hydrogens (tertiary/aromatic N) is 3. The third-order valence-electron chi connectivity index (χ3n) is 6.23. The van der Waals surface area contributed by atoms with Crippen LogP contribution in [0.2, 0.25) is 0 Å². The van der Waals surface area contributed by atoms with E-state index in [1.807, 2.05) is 6.07 Å². The Labute approximate surface area is 198 Å². The first-order chi connectivity index (χ1) is 16.4. The fourth-order valence-electron chi connectivity index (χ4n) is 4.41. The van der Waals surface area contributed by atoms with E-state index in [2.05, 4.69) is 9.97 Å². The van der Waals surface area contributed by atoms with Crippen molar-refractivity contribution in [2.45, 2.75) is 23.5 Å². The van der Waals surface area contributed by atoms with Crippen molar-refractivity contribution >= 4 is 33.7 Å². The predicted molar refractivity (Wildman–Crippen MR) is 123 cm³/mol. The van der Waals surface area contributed by atoms with Crippen LogP contribution in [0.1, 0.15) is 23.2 Å². The number of aromatic nitrogens is 2. The topological polar surface area (TPSA) is 140 Å². The smallest absolute Gasteiger partial charge is 0.257 e. The van der Waals surface area contributed by atoms with Crippen LogP contribution in [0.5, 0.6) is 5.88 Å². The number of hydrogen-bond donors (Lipinski definition) is 1. The fraction of sp³-hybridized carbons (Fsp3) is 0.348.